The molecule has 1 saturated heterocycles. The van der Waals surface area contributed by atoms with Crippen LogP contribution >= 0.6 is 0 Å². The van der Waals surface area contributed by atoms with Crippen LogP contribution in [0.2, 0.25) is 0 Å². The molecular weight excluding hydrogens is 312 g/mol. The maximum Gasteiger partial charge on any atom is 0.335 e. The first-order valence-electron chi connectivity index (χ1n) is 6.77. The lowest BCUT2D eigenvalue weighted by Gasteiger charge is -2.39. The lowest BCUT2D eigenvalue weighted by Crippen LogP contribution is -2.60. The van der Waals surface area contributed by atoms with Gasteiger partial charge in [-0.15, -0.1) is 0 Å². The molecule has 128 valence electrons. The summed E-state index contributed by atoms with van der Waals surface area (Å²) < 4.78 is 15.6. The third-order valence-electron chi connectivity index (χ3n) is 3.50. The number of aliphatic hydroxyl groups is 4. The maximum absolute atomic E-state index is 10.9. The van der Waals surface area contributed by atoms with Gasteiger partial charge in [0.1, 0.15) is 24.4 Å². The second kappa shape index (κ2) is 7.11. The molecule has 0 saturated carbocycles. The van der Waals surface area contributed by atoms with Crippen LogP contribution < -0.4 is 9.47 Å². The van der Waals surface area contributed by atoms with Gasteiger partial charge >= 0.3 is 5.97 Å². The van der Waals surface area contributed by atoms with Crippen LogP contribution in [0.25, 0.3) is 0 Å². The summed E-state index contributed by atoms with van der Waals surface area (Å²) in [5, 5.41) is 47.4. The summed E-state index contributed by atoms with van der Waals surface area (Å²) in [6, 6.07) is 3.80. The molecule has 1 aliphatic rings. The molecule has 9 heteroatoms. The van der Waals surface area contributed by atoms with Crippen LogP contribution in [0.15, 0.2) is 18.2 Å². The van der Waals surface area contributed by atoms with Crippen LogP contribution in [0, 0.1) is 0 Å². The molecule has 1 aromatic carbocycles. The molecule has 0 bridgehead atoms. The monoisotopic (exact) mass is 330 g/mol. The number of aromatic carboxylic acids is 1. The topological polar surface area (TPSA) is 146 Å². The van der Waals surface area contributed by atoms with E-state index in [2.05, 4.69) is 0 Å². The minimum Gasteiger partial charge on any atom is -0.493 e. The van der Waals surface area contributed by atoms with Crippen LogP contribution in [0.5, 0.6) is 11.5 Å². The Morgan fingerprint density at radius 3 is 2.43 bits per heavy atom. The second-order valence-corrected chi connectivity index (χ2v) is 4.99. The fourth-order valence-electron chi connectivity index (χ4n) is 2.19. The molecular formula is C14H18O9. The molecule has 5 atom stereocenters. The normalized spacial score (nSPS) is 30.7. The van der Waals surface area contributed by atoms with Gasteiger partial charge in [-0.25, -0.2) is 4.79 Å². The minimum atomic E-state index is -1.57. The molecule has 9 nitrogen and oxygen atoms in total. The number of carboxylic acid groups (broad SMARTS) is 1. The van der Waals surface area contributed by atoms with Gasteiger partial charge in [-0.2, -0.15) is 0 Å². The largest absolute Gasteiger partial charge is 0.493 e. The number of benzene rings is 1. The molecule has 1 aromatic rings. The Hall–Kier alpha value is -1.91. The van der Waals surface area contributed by atoms with Crippen molar-refractivity contribution in [1.82, 2.24) is 0 Å². The van der Waals surface area contributed by atoms with Gasteiger partial charge in [0.2, 0.25) is 6.29 Å². The van der Waals surface area contributed by atoms with Crippen LogP contribution in [0.1, 0.15) is 10.4 Å². The molecule has 5 N–H and O–H groups in total. The summed E-state index contributed by atoms with van der Waals surface area (Å²) >= 11 is 0. The fourth-order valence-corrected chi connectivity index (χ4v) is 2.19. The number of hydrogen-bond donors (Lipinski definition) is 5. The van der Waals surface area contributed by atoms with E-state index in [1.165, 1.54) is 25.3 Å². The van der Waals surface area contributed by atoms with Gasteiger partial charge in [-0.1, -0.05) is 0 Å². The number of rotatable bonds is 5. The lowest BCUT2D eigenvalue weighted by molar-refractivity contribution is -0.277. The van der Waals surface area contributed by atoms with Gasteiger partial charge in [0, 0.05) is 0 Å². The molecule has 0 radical (unpaired) electrons. The van der Waals surface area contributed by atoms with Gasteiger partial charge in [0.05, 0.1) is 19.3 Å². The SMILES string of the molecule is COc1cc(C(=O)O)ccc1O[C@@H]1O[C@H](CO)[C@@H](O)[C@@H](O)[C@H]1O. The van der Waals surface area contributed by atoms with Gasteiger partial charge in [0.25, 0.3) is 0 Å². The van der Waals surface area contributed by atoms with E-state index in [4.69, 9.17) is 24.4 Å². The molecule has 0 aliphatic carbocycles. The van der Waals surface area contributed by atoms with Crippen molar-refractivity contribution in [3.8, 4) is 11.5 Å². The average molecular weight is 330 g/mol. The molecule has 1 aliphatic heterocycles. The van der Waals surface area contributed by atoms with Crippen molar-refractivity contribution >= 4 is 5.97 Å². The highest BCUT2D eigenvalue weighted by molar-refractivity contribution is 5.88. The number of aliphatic hydroxyl groups excluding tert-OH is 4. The van der Waals surface area contributed by atoms with E-state index in [0.29, 0.717) is 0 Å². The predicted octanol–water partition coefficient (Wildman–Crippen LogP) is -1.43. The van der Waals surface area contributed by atoms with Crippen LogP contribution in [-0.2, 0) is 4.74 Å². The highest BCUT2D eigenvalue weighted by Crippen LogP contribution is 2.31. The smallest absolute Gasteiger partial charge is 0.335 e. The molecule has 2 rings (SSSR count). The average Bonchev–Trinajstić information content (AvgIpc) is 2.55. The van der Waals surface area contributed by atoms with E-state index in [1.54, 1.807) is 0 Å². The van der Waals surface area contributed by atoms with Crippen molar-refractivity contribution in [2.24, 2.45) is 0 Å². The first-order valence-corrected chi connectivity index (χ1v) is 6.77. The molecule has 0 spiro atoms. The quantitative estimate of drug-likeness (QED) is 0.438. The Bertz CT molecular complexity index is 559. The number of hydrogen-bond acceptors (Lipinski definition) is 8. The van der Waals surface area contributed by atoms with E-state index in [-0.39, 0.29) is 17.1 Å². The Morgan fingerprint density at radius 1 is 1.17 bits per heavy atom. The number of carboxylic acids is 1. The van der Waals surface area contributed by atoms with E-state index in [9.17, 15) is 20.1 Å². The standard InChI is InChI=1S/C14H18O9/c1-21-8-4-6(13(19)20)2-3-7(8)22-14-12(18)11(17)10(16)9(5-15)23-14/h2-4,9-12,14-18H,5H2,1H3,(H,19,20)/t9-,10-,11-,12-,14-/m1/s1. The Kier molecular flexibility index (Phi) is 5.39. The van der Waals surface area contributed by atoms with Gasteiger partial charge in [0.15, 0.2) is 11.5 Å². The molecule has 1 heterocycles. The van der Waals surface area contributed by atoms with Crippen molar-refractivity contribution in [2.75, 3.05) is 13.7 Å². The number of ether oxygens (including phenoxy) is 3. The first-order chi connectivity index (χ1) is 10.9. The van der Waals surface area contributed by atoms with E-state index < -0.39 is 43.3 Å². The van der Waals surface area contributed by atoms with E-state index in [0.717, 1.165) is 0 Å². The van der Waals surface area contributed by atoms with Crippen molar-refractivity contribution in [3.63, 3.8) is 0 Å². The minimum absolute atomic E-state index is 0.0250. The maximum atomic E-state index is 10.9. The molecule has 0 unspecified atom stereocenters. The third-order valence-corrected chi connectivity index (χ3v) is 3.50. The number of carbonyl (C=O) groups is 1. The summed E-state index contributed by atoms with van der Waals surface area (Å²) in [6.07, 6.45) is -7.13. The Balaban J connectivity index is 2.22. The molecule has 0 aromatic heterocycles. The highest BCUT2D eigenvalue weighted by Gasteiger charge is 2.44. The zero-order valence-corrected chi connectivity index (χ0v) is 12.2. The first kappa shape index (κ1) is 17.4. The lowest BCUT2D eigenvalue weighted by atomic mass is 9.99. The van der Waals surface area contributed by atoms with Crippen LogP contribution in [0.4, 0.5) is 0 Å². The third kappa shape index (κ3) is 3.54. The Morgan fingerprint density at radius 2 is 1.87 bits per heavy atom. The second-order valence-electron chi connectivity index (χ2n) is 4.99. The van der Waals surface area contributed by atoms with Gasteiger partial charge < -0.3 is 39.7 Å². The summed E-state index contributed by atoms with van der Waals surface area (Å²) in [5.41, 5.74) is -0.0250. The van der Waals surface area contributed by atoms with E-state index >= 15 is 0 Å². The van der Waals surface area contributed by atoms with Crippen molar-refractivity contribution in [1.29, 1.82) is 0 Å². The summed E-state index contributed by atoms with van der Waals surface area (Å²) in [7, 11) is 1.31. The Labute approximate surface area is 131 Å². The van der Waals surface area contributed by atoms with Gasteiger partial charge in [-0.05, 0) is 18.2 Å². The molecule has 23 heavy (non-hydrogen) atoms. The van der Waals surface area contributed by atoms with Crippen LogP contribution in [0.3, 0.4) is 0 Å². The van der Waals surface area contributed by atoms with Crippen molar-refractivity contribution < 1.29 is 44.5 Å². The highest BCUT2D eigenvalue weighted by atomic mass is 16.7. The fraction of sp³-hybridized carbons (Fsp3) is 0.500. The van der Waals surface area contributed by atoms with Gasteiger partial charge in [-0.3, -0.25) is 0 Å². The predicted molar refractivity (Wildman–Crippen MR) is 74.3 cm³/mol. The molecule has 1 fully saturated rings. The van der Waals surface area contributed by atoms with Crippen LogP contribution in [-0.4, -0.2) is 75.9 Å². The summed E-state index contributed by atoms with van der Waals surface area (Å²) in [5.74, 6) is -0.994. The summed E-state index contributed by atoms with van der Waals surface area (Å²) in [4.78, 5) is 10.9. The zero-order chi connectivity index (χ0) is 17.1. The zero-order valence-electron chi connectivity index (χ0n) is 12.2. The summed E-state index contributed by atoms with van der Waals surface area (Å²) in [6.45, 7) is -0.583. The molecule has 0 amide bonds. The van der Waals surface area contributed by atoms with Crippen molar-refractivity contribution in [2.45, 2.75) is 30.7 Å². The van der Waals surface area contributed by atoms with Crippen molar-refractivity contribution in [3.05, 3.63) is 23.8 Å². The number of methoxy groups -OCH3 is 1. The van der Waals surface area contributed by atoms with E-state index in [1.807, 2.05) is 0 Å².